The minimum atomic E-state index is -0.322. The Bertz CT molecular complexity index is 1030. The van der Waals surface area contributed by atoms with Crippen molar-refractivity contribution in [2.45, 2.75) is 31.0 Å². The van der Waals surface area contributed by atoms with Gasteiger partial charge >= 0.3 is 0 Å². The van der Waals surface area contributed by atoms with Crippen LogP contribution in [0.15, 0.2) is 52.1 Å². The van der Waals surface area contributed by atoms with E-state index in [0.717, 1.165) is 28.6 Å². The molecule has 8 heteroatoms. The van der Waals surface area contributed by atoms with Crippen molar-refractivity contribution >= 4 is 39.3 Å². The van der Waals surface area contributed by atoms with E-state index in [0.29, 0.717) is 16.5 Å². The Morgan fingerprint density at radius 3 is 2.79 bits per heavy atom. The van der Waals surface area contributed by atoms with Crippen LogP contribution in [0.5, 0.6) is 0 Å². The quantitative estimate of drug-likeness (QED) is 0.512. The molecule has 0 aliphatic heterocycles. The third kappa shape index (κ3) is 4.12. The van der Waals surface area contributed by atoms with Crippen molar-refractivity contribution in [2.24, 2.45) is 0 Å². The number of hydrogen-bond donors (Lipinski definition) is 1. The third-order valence-corrected chi connectivity index (χ3v) is 6.30. The molecule has 0 unspecified atom stereocenters. The van der Waals surface area contributed by atoms with Crippen LogP contribution in [0, 0.1) is 12.7 Å². The second-order valence-electron chi connectivity index (χ2n) is 6.69. The Labute approximate surface area is 174 Å². The van der Waals surface area contributed by atoms with Crippen molar-refractivity contribution in [3.8, 4) is 11.4 Å². The number of hydrogen-bond acceptors (Lipinski definition) is 4. The van der Waals surface area contributed by atoms with Gasteiger partial charge in [0.25, 0.3) is 0 Å². The second-order valence-corrected chi connectivity index (χ2v) is 8.48. The number of aryl methyl sites for hydroxylation is 1. The molecule has 28 heavy (non-hydrogen) atoms. The summed E-state index contributed by atoms with van der Waals surface area (Å²) in [5, 5.41) is 12.0. The van der Waals surface area contributed by atoms with Gasteiger partial charge in [0.15, 0.2) is 11.0 Å². The smallest absolute Gasteiger partial charge is 0.234 e. The van der Waals surface area contributed by atoms with Crippen molar-refractivity contribution in [1.82, 2.24) is 14.8 Å². The number of carbonyl (C=O) groups is 1. The fourth-order valence-corrected chi connectivity index (χ4v) is 3.97. The van der Waals surface area contributed by atoms with Gasteiger partial charge in [-0.3, -0.25) is 9.36 Å². The summed E-state index contributed by atoms with van der Waals surface area (Å²) < 4.78 is 17.2. The number of anilines is 1. The molecule has 3 aromatic rings. The highest BCUT2D eigenvalue weighted by Crippen LogP contribution is 2.41. The minimum Gasteiger partial charge on any atom is -0.325 e. The average Bonchev–Trinajstić information content (AvgIpc) is 3.43. The molecular weight excluding hydrogens is 443 g/mol. The van der Waals surface area contributed by atoms with E-state index in [1.807, 2.05) is 29.7 Å². The van der Waals surface area contributed by atoms with Crippen LogP contribution >= 0.6 is 27.7 Å². The lowest BCUT2D eigenvalue weighted by molar-refractivity contribution is -0.113. The second kappa shape index (κ2) is 8.05. The first-order valence-corrected chi connectivity index (χ1v) is 10.7. The molecular formula is C20H18BrFN4OS. The van der Waals surface area contributed by atoms with Crippen LogP contribution in [0.1, 0.15) is 24.4 Å². The van der Waals surface area contributed by atoms with Crippen molar-refractivity contribution in [1.29, 1.82) is 0 Å². The van der Waals surface area contributed by atoms with E-state index >= 15 is 0 Å². The van der Waals surface area contributed by atoms with Gasteiger partial charge in [0, 0.05) is 16.2 Å². The van der Waals surface area contributed by atoms with Crippen molar-refractivity contribution in [2.75, 3.05) is 11.1 Å². The Hall–Kier alpha value is -2.19. The predicted molar refractivity (Wildman–Crippen MR) is 112 cm³/mol. The summed E-state index contributed by atoms with van der Waals surface area (Å²) >= 11 is 4.77. The van der Waals surface area contributed by atoms with Gasteiger partial charge in [0.1, 0.15) is 5.82 Å². The van der Waals surface area contributed by atoms with Crippen LogP contribution in [0.25, 0.3) is 11.4 Å². The van der Waals surface area contributed by atoms with Gasteiger partial charge in [-0.1, -0.05) is 39.8 Å². The standard InChI is InChI=1S/C20H18BrFN4OS/c1-12-10-13(6-9-16(12)21)23-18(27)11-28-20-25-24-19(26(20)14-7-8-14)15-4-2-3-5-17(15)22/h2-6,9-10,14H,7-8,11H2,1H3,(H,23,27). The average molecular weight is 461 g/mol. The van der Waals surface area contributed by atoms with E-state index in [-0.39, 0.29) is 23.5 Å². The molecule has 144 valence electrons. The highest BCUT2D eigenvalue weighted by atomic mass is 79.9. The molecule has 1 heterocycles. The number of nitrogens with zero attached hydrogens (tertiary/aromatic N) is 3. The van der Waals surface area contributed by atoms with Crippen LogP contribution in [-0.4, -0.2) is 26.4 Å². The first-order chi connectivity index (χ1) is 13.5. The molecule has 2 aromatic carbocycles. The van der Waals surface area contributed by atoms with E-state index in [1.165, 1.54) is 17.8 Å². The zero-order valence-electron chi connectivity index (χ0n) is 15.2. The topological polar surface area (TPSA) is 59.8 Å². The van der Waals surface area contributed by atoms with Crippen LogP contribution in [0.3, 0.4) is 0 Å². The lowest BCUT2D eigenvalue weighted by Gasteiger charge is -2.10. The number of nitrogens with one attached hydrogen (secondary N) is 1. The lowest BCUT2D eigenvalue weighted by atomic mass is 10.2. The number of carbonyl (C=O) groups excluding carboxylic acids is 1. The van der Waals surface area contributed by atoms with Crippen LogP contribution in [-0.2, 0) is 4.79 Å². The molecule has 0 atom stereocenters. The SMILES string of the molecule is Cc1cc(NC(=O)CSc2nnc(-c3ccccc3F)n2C2CC2)ccc1Br. The van der Waals surface area contributed by atoms with E-state index in [9.17, 15) is 9.18 Å². The summed E-state index contributed by atoms with van der Waals surface area (Å²) in [4.78, 5) is 12.3. The van der Waals surface area contributed by atoms with Crippen molar-refractivity contribution < 1.29 is 9.18 Å². The maximum atomic E-state index is 14.2. The van der Waals surface area contributed by atoms with E-state index < -0.39 is 0 Å². The van der Waals surface area contributed by atoms with Gasteiger partial charge in [-0.2, -0.15) is 0 Å². The van der Waals surface area contributed by atoms with Crippen LogP contribution in [0.4, 0.5) is 10.1 Å². The number of thioether (sulfide) groups is 1. The highest BCUT2D eigenvalue weighted by Gasteiger charge is 2.31. The van der Waals surface area contributed by atoms with E-state index in [1.54, 1.807) is 18.2 Å². The number of aromatic nitrogens is 3. The molecule has 1 aliphatic rings. The molecule has 1 aromatic heterocycles. The molecule has 1 aliphatic carbocycles. The lowest BCUT2D eigenvalue weighted by Crippen LogP contribution is -2.14. The third-order valence-electron chi connectivity index (χ3n) is 4.47. The molecule has 0 spiro atoms. The van der Waals surface area contributed by atoms with Gasteiger partial charge < -0.3 is 5.32 Å². The first kappa shape index (κ1) is 19.1. The van der Waals surface area contributed by atoms with Crippen LogP contribution < -0.4 is 5.32 Å². The van der Waals surface area contributed by atoms with Gasteiger partial charge in [-0.15, -0.1) is 10.2 Å². The zero-order chi connectivity index (χ0) is 19.7. The fraction of sp³-hybridized carbons (Fsp3) is 0.250. The molecule has 1 N–H and O–H groups in total. The minimum absolute atomic E-state index is 0.121. The summed E-state index contributed by atoms with van der Waals surface area (Å²) in [5.74, 6) is 0.283. The van der Waals surface area contributed by atoms with Gasteiger partial charge in [-0.05, 0) is 55.7 Å². The Balaban J connectivity index is 1.48. The largest absolute Gasteiger partial charge is 0.325 e. The normalized spacial score (nSPS) is 13.5. The molecule has 0 saturated heterocycles. The summed E-state index contributed by atoms with van der Waals surface area (Å²) in [6.07, 6.45) is 2.02. The Morgan fingerprint density at radius 1 is 1.29 bits per heavy atom. The van der Waals surface area contributed by atoms with Crippen molar-refractivity contribution in [3.63, 3.8) is 0 Å². The maximum Gasteiger partial charge on any atom is 0.234 e. The molecule has 4 rings (SSSR count). The summed E-state index contributed by atoms with van der Waals surface area (Å²) in [6.45, 7) is 1.97. The molecule has 0 radical (unpaired) electrons. The van der Waals surface area contributed by atoms with E-state index in [2.05, 4.69) is 31.4 Å². The fourth-order valence-electron chi connectivity index (χ4n) is 2.91. The van der Waals surface area contributed by atoms with Gasteiger partial charge in [-0.25, -0.2) is 4.39 Å². The molecule has 5 nitrogen and oxygen atoms in total. The number of amides is 1. The zero-order valence-corrected chi connectivity index (χ0v) is 17.6. The van der Waals surface area contributed by atoms with E-state index in [4.69, 9.17) is 0 Å². The molecule has 1 fully saturated rings. The first-order valence-electron chi connectivity index (χ1n) is 8.91. The monoisotopic (exact) mass is 460 g/mol. The van der Waals surface area contributed by atoms with Gasteiger partial charge in [0.2, 0.25) is 5.91 Å². The van der Waals surface area contributed by atoms with Crippen LogP contribution in [0.2, 0.25) is 0 Å². The molecule has 0 bridgehead atoms. The number of halogens is 2. The number of benzene rings is 2. The Kier molecular flexibility index (Phi) is 5.50. The summed E-state index contributed by atoms with van der Waals surface area (Å²) in [6, 6.07) is 12.5. The Morgan fingerprint density at radius 2 is 2.07 bits per heavy atom. The molecule has 1 saturated carbocycles. The summed E-state index contributed by atoms with van der Waals surface area (Å²) in [7, 11) is 0. The predicted octanol–water partition coefficient (Wildman–Crippen LogP) is 5.22. The van der Waals surface area contributed by atoms with Gasteiger partial charge in [0.05, 0.1) is 11.3 Å². The molecule has 1 amide bonds. The van der Waals surface area contributed by atoms with Crippen molar-refractivity contribution in [3.05, 3.63) is 58.3 Å². The summed E-state index contributed by atoms with van der Waals surface area (Å²) in [5.41, 5.74) is 2.24. The number of rotatable bonds is 6. The highest BCUT2D eigenvalue weighted by molar-refractivity contribution is 9.10. The maximum absolute atomic E-state index is 14.2.